The molecule has 1 saturated heterocycles. The Bertz CT molecular complexity index is 467. The number of amides is 1. The maximum Gasteiger partial charge on any atom is 0.244 e. The van der Waals surface area contributed by atoms with Crippen molar-refractivity contribution >= 4 is 23.6 Å². The Labute approximate surface area is 125 Å². The van der Waals surface area contributed by atoms with Crippen LogP contribution in [0.15, 0.2) is 30.3 Å². The molecule has 0 radical (unpaired) electrons. The first-order valence-electron chi connectivity index (χ1n) is 7.18. The quantitative estimate of drug-likeness (QED) is 0.846. The van der Waals surface area contributed by atoms with E-state index in [-0.39, 0.29) is 5.91 Å². The molecule has 0 unspecified atom stereocenters. The predicted octanol–water partition coefficient (Wildman–Crippen LogP) is 2.96. The van der Waals surface area contributed by atoms with Crippen LogP contribution in [-0.2, 0) is 4.79 Å². The van der Waals surface area contributed by atoms with E-state index < -0.39 is 0 Å². The summed E-state index contributed by atoms with van der Waals surface area (Å²) < 4.78 is 0. The van der Waals surface area contributed by atoms with Gasteiger partial charge < -0.3 is 10.2 Å². The fourth-order valence-electron chi connectivity index (χ4n) is 2.36. The maximum atomic E-state index is 11.7. The third kappa shape index (κ3) is 5.35. The van der Waals surface area contributed by atoms with Gasteiger partial charge in [-0.25, -0.2) is 0 Å². The summed E-state index contributed by atoms with van der Waals surface area (Å²) >= 11 is 5.89. The van der Waals surface area contributed by atoms with Gasteiger partial charge in [0.1, 0.15) is 0 Å². The fourth-order valence-corrected chi connectivity index (χ4v) is 2.56. The molecule has 3 nitrogen and oxygen atoms in total. The zero-order chi connectivity index (χ0) is 14.2. The second kappa shape index (κ2) is 8.08. The van der Waals surface area contributed by atoms with Crippen LogP contribution in [0, 0.1) is 0 Å². The van der Waals surface area contributed by atoms with E-state index in [0.717, 1.165) is 25.2 Å². The van der Waals surface area contributed by atoms with Gasteiger partial charge in [0, 0.05) is 24.2 Å². The molecule has 1 aromatic rings. The number of likely N-dealkylation sites (tertiary alicyclic amines) is 1. The highest BCUT2D eigenvalue weighted by Crippen LogP contribution is 2.11. The molecule has 1 amide bonds. The van der Waals surface area contributed by atoms with Crippen molar-refractivity contribution in [1.82, 2.24) is 10.2 Å². The van der Waals surface area contributed by atoms with E-state index in [1.807, 2.05) is 24.3 Å². The minimum absolute atomic E-state index is 0.0537. The number of piperidine rings is 1. The SMILES string of the molecule is O=C(/C=C\c1cccc(Cl)c1)NCCN1CCCCC1. The number of benzene rings is 1. The van der Waals surface area contributed by atoms with Crippen LogP contribution in [0.25, 0.3) is 6.08 Å². The Morgan fingerprint density at radius 3 is 2.85 bits per heavy atom. The summed E-state index contributed by atoms with van der Waals surface area (Å²) in [5, 5.41) is 3.59. The normalized spacial score (nSPS) is 16.4. The van der Waals surface area contributed by atoms with Gasteiger partial charge in [0.2, 0.25) is 5.91 Å². The van der Waals surface area contributed by atoms with Crippen LogP contribution >= 0.6 is 11.6 Å². The second-order valence-electron chi connectivity index (χ2n) is 5.08. The lowest BCUT2D eigenvalue weighted by Gasteiger charge is -2.26. The molecule has 20 heavy (non-hydrogen) atoms. The molecule has 0 bridgehead atoms. The van der Waals surface area contributed by atoms with Crippen molar-refractivity contribution in [3.63, 3.8) is 0 Å². The van der Waals surface area contributed by atoms with Gasteiger partial charge >= 0.3 is 0 Å². The third-order valence-corrected chi connectivity index (χ3v) is 3.69. The van der Waals surface area contributed by atoms with Crippen LogP contribution in [0.3, 0.4) is 0 Å². The highest BCUT2D eigenvalue weighted by atomic mass is 35.5. The van der Waals surface area contributed by atoms with Gasteiger partial charge in [-0.1, -0.05) is 30.2 Å². The van der Waals surface area contributed by atoms with E-state index in [1.165, 1.54) is 19.3 Å². The van der Waals surface area contributed by atoms with Gasteiger partial charge in [0.15, 0.2) is 0 Å². The highest BCUT2D eigenvalue weighted by Gasteiger charge is 2.09. The summed E-state index contributed by atoms with van der Waals surface area (Å²) in [5.74, 6) is -0.0537. The first kappa shape index (κ1) is 15.1. The highest BCUT2D eigenvalue weighted by molar-refractivity contribution is 6.30. The summed E-state index contributed by atoms with van der Waals surface area (Å²) in [6.07, 6.45) is 7.24. The first-order chi connectivity index (χ1) is 9.74. The number of carbonyl (C=O) groups excluding carboxylic acids is 1. The Morgan fingerprint density at radius 1 is 1.30 bits per heavy atom. The predicted molar refractivity (Wildman–Crippen MR) is 83.8 cm³/mol. The van der Waals surface area contributed by atoms with Crippen molar-refractivity contribution in [3.05, 3.63) is 40.9 Å². The van der Waals surface area contributed by atoms with Gasteiger partial charge in [-0.3, -0.25) is 4.79 Å². The minimum Gasteiger partial charge on any atom is -0.351 e. The number of hydrogen-bond acceptors (Lipinski definition) is 2. The number of rotatable bonds is 5. The van der Waals surface area contributed by atoms with Crippen molar-refractivity contribution in [3.8, 4) is 0 Å². The Morgan fingerprint density at radius 2 is 2.10 bits per heavy atom. The third-order valence-electron chi connectivity index (χ3n) is 3.45. The number of carbonyl (C=O) groups is 1. The lowest BCUT2D eigenvalue weighted by atomic mass is 10.1. The number of nitrogens with one attached hydrogen (secondary N) is 1. The molecule has 1 N–H and O–H groups in total. The average Bonchev–Trinajstić information content (AvgIpc) is 2.46. The molecule has 1 aromatic carbocycles. The summed E-state index contributed by atoms with van der Waals surface area (Å²) in [5.41, 5.74) is 0.934. The van der Waals surface area contributed by atoms with Crippen LogP contribution < -0.4 is 5.32 Å². The molecule has 0 aromatic heterocycles. The summed E-state index contributed by atoms with van der Waals surface area (Å²) in [6, 6.07) is 7.44. The van der Waals surface area contributed by atoms with Crippen LogP contribution in [0.4, 0.5) is 0 Å². The van der Waals surface area contributed by atoms with E-state index in [1.54, 1.807) is 12.2 Å². The van der Waals surface area contributed by atoms with Crippen molar-refractivity contribution in [2.45, 2.75) is 19.3 Å². The number of halogens is 1. The smallest absolute Gasteiger partial charge is 0.244 e. The number of nitrogens with zero attached hydrogens (tertiary/aromatic N) is 1. The van der Waals surface area contributed by atoms with E-state index in [9.17, 15) is 4.79 Å². The molecule has 1 aliphatic rings. The molecule has 1 heterocycles. The van der Waals surface area contributed by atoms with E-state index in [0.29, 0.717) is 11.6 Å². The Kier molecular flexibility index (Phi) is 6.09. The molecule has 1 fully saturated rings. The van der Waals surface area contributed by atoms with Gasteiger partial charge in [-0.15, -0.1) is 0 Å². The van der Waals surface area contributed by atoms with Crippen LogP contribution in [0.2, 0.25) is 5.02 Å². The van der Waals surface area contributed by atoms with Gasteiger partial charge in [-0.2, -0.15) is 0 Å². The maximum absolute atomic E-state index is 11.7. The summed E-state index contributed by atoms with van der Waals surface area (Å²) in [6.45, 7) is 3.97. The van der Waals surface area contributed by atoms with Crippen molar-refractivity contribution in [2.75, 3.05) is 26.2 Å². The molecule has 108 valence electrons. The fraction of sp³-hybridized carbons (Fsp3) is 0.438. The van der Waals surface area contributed by atoms with Crippen molar-refractivity contribution in [1.29, 1.82) is 0 Å². The molecule has 0 spiro atoms. The van der Waals surface area contributed by atoms with Gasteiger partial charge in [0.05, 0.1) is 0 Å². The lowest BCUT2D eigenvalue weighted by Crippen LogP contribution is -2.37. The first-order valence-corrected chi connectivity index (χ1v) is 7.56. The molecular formula is C16H21ClN2O. The molecule has 0 saturated carbocycles. The molecule has 4 heteroatoms. The van der Waals surface area contributed by atoms with Crippen molar-refractivity contribution < 1.29 is 4.79 Å². The Hall–Kier alpha value is -1.32. The summed E-state index contributed by atoms with van der Waals surface area (Å²) in [4.78, 5) is 14.1. The molecular weight excluding hydrogens is 272 g/mol. The largest absolute Gasteiger partial charge is 0.351 e. The topological polar surface area (TPSA) is 32.3 Å². The monoisotopic (exact) mass is 292 g/mol. The van der Waals surface area contributed by atoms with E-state index in [2.05, 4.69) is 10.2 Å². The second-order valence-corrected chi connectivity index (χ2v) is 5.52. The van der Waals surface area contributed by atoms with E-state index in [4.69, 9.17) is 11.6 Å². The molecule has 1 aliphatic heterocycles. The van der Waals surface area contributed by atoms with Gasteiger partial charge in [0.25, 0.3) is 0 Å². The van der Waals surface area contributed by atoms with Crippen LogP contribution in [0.1, 0.15) is 24.8 Å². The van der Waals surface area contributed by atoms with Gasteiger partial charge in [-0.05, 0) is 49.7 Å². The average molecular weight is 293 g/mol. The summed E-state index contributed by atoms with van der Waals surface area (Å²) in [7, 11) is 0. The van der Waals surface area contributed by atoms with Crippen LogP contribution in [-0.4, -0.2) is 37.0 Å². The minimum atomic E-state index is -0.0537. The zero-order valence-corrected chi connectivity index (χ0v) is 12.4. The molecule has 0 aliphatic carbocycles. The number of hydrogen-bond donors (Lipinski definition) is 1. The van der Waals surface area contributed by atoms with Crippen LogP contribution in [0.5, 0.6) is 0 Å². The zero-order valence-electron chi connectivity index (χ0n) is 11.6. The Balaban J connectivity index is 1.69. The van der Waals surface area contributed by atoms with Crippen molar-refractivity contribution in [2.24, 2.45) is 0 Å². The van der Waals surface area contributed by atoms with E-state index >= 15 is 0 Å². The standard InChI is InChI=1S/C16H21ClN2O/c17-15-6-4-5-14(13-15)7-8-16(20)18-9-12-19-10-2-1-3-11-19/h4-8,13H,1-3,9-12H2,(H,18,20)/b8-7-. The lowest BCUT2D eigenvalue weighted by molar-refractivity contribution is -0.116. The molecule has 0 atom stereocenters. The molecule has 2 rings (SSSR count).